The van der Waals surface area contributed by atoms with E-state index < -0.39 is 28.5 Å². The van der Waals surface area contributed by atoms with Gasteiger partial charge in [0.25, 0.3) is 10.0 Å². The van der Waals surface area contributed by atoms with Gasteiger partial charge in [0, 0.05) is 29.6 Å². The Balaban J connectivity index is 1.79. The van der Waals surface area contributed by atoms with E-state index in [9.17, 15) is 18.0 Å². The Kier molecular flexibility index (Phi) is 11.4. The van der Waals surface area contributed by atoms with Crippen LogP contribution in [0.5, 0.6) is 0 Å². The Bertz CT molecular complexity index is 1670. The molecule has 10 heteroatoms. The van der Waals surface area contributed by atoms with Crippen molar-refractivity contribution < 1.29 is 18.0 Å². The topological polar surface area (TPSA) is 86.8 Å². The molecule has 0 aliphatic rings. The molecule has 4 rings (SSSR count). The Labute approximate surface area is 269 Å². The zero-order chi connectivity index (χ0) is 31.7. The first-order chi connectivity index (χ1) is 21.1. The minimum atomic E-state index is -4.25. The summed E-state index contributed by atoms with van der Waals surface area (Å²) in [6.45, 7) is 3.89. The molecule has 1 N–H and O–H groups in total. The lowest BCUT2D eigenvalue weighted by Gasteiger charge is -2.34. The van der Waals surface area contributed by atoms with Crippen molar-refractivity contribution in [3.05, 3.63) is 130 Å². The van der Waals surface area contributed by atoms with E-state index in [4.69, 9.17) is 23.2 Å². The molecule has 0 aliphatic carbocycles. The molecule has 4 aromatic carbocycles. The second kappa shape index (κ2) is 15.2. The molecule has 7 nitrogen and oxygen atoms in total. The molecule has 2 amide bonds. The number of carbonyl (C=O) groups is 2. The van der Waals surface area contributed by atoms with Crippen molar-refractivity contribution in [3.63, 3.8) is 0 Å². The summed E-state index contributed by atoms with van der Waals surface area (Å²) in [6, 6.07) is 28.2. The molecule has 0 spiro atoms. The predicted octanol–water partition coefficient (Wildman–Crippen LogP) is 6.66. The van der Waals surface area contributed by atoms with E-state index in [-0.39, 0.29) is 29.5 Å². The number of aryl methyl sites for hydroxylation is 1. The molecular weight excluding hydrogens is 617 g/mol. The lowest BCUT2D eigenvalue weighted by atomic mass is 10.0. The largest absolute Gasteiger partial charge is 0.354 e. The van der Waals surface area contributed by atoms with Crippen molar-refractivity contribution in [2.75, 3.05) is 17.4 Å². The molecule has 0 aliphatic heterocycles. The number of rotatable bonds is 13. The van der Waals surface area contributed by atoms with Gasteiger partial charge in [0.05, 0.1) is 10.6 Å². The lowest BCUT2D eigenvalue weighted by Crippen LogP contribution is -2.53. The first-order valence-corrected chi connectivity index (χ1v) is 16.5. The number of hydrogen-bond donors (Lipinski definition) is 1. The summed E-state index contributed by atoms with van der Waals surface area (Å²) in [7, 11) is -4.25. The summed E-state index contributed by atoms with van der Waals surface area (Å²) in [5.41, 5.74) is 2.94. The van der Waals surface area contributed by atoms with E-state index >= 15 is 0 Å². The maximum atomic E-state index is 14.4. The van der Waals surface area contributed by atoms with E-state index in [2.05, 4.69) is 5.32 Å². The first kappa shape index (κ1) is 33.1. The van der Waals surface area contributed by atoms with Gasteiger partial charge in [-0.25, -0.2) is 8.42 Å². The quantitative estimate of drug-likeness (QED) is 0.175. The van der Waals surface area contributed by atoms with Gasteiger partial charge >= 0.3 is 0 Å². The van der Waals surface area contributed by atoms with Gasteiger partial charge in [-0.05, 0) is 66.9 Å². The van der Waals surface area contributed by atoms with Crippen LogP contribution < -0.4 is 9.62 Å². The van der Waals surface area contributed by atoms with Crippen LogP contribution in [0, 0.1) is 6.92 Å². The average molecular weight is 653 g/mol. The fourth-order valence-electron chi connectivity index (χ4n) is 4.70. The fraction of sp³-hybridized carbons (Fsp3) is 0.235. The summed E-state index contributed by atoms with van der Waals surface area (Å²) in [6.07, 6.45) is 0.965. The van der Waals surface area contributed by atoms with Crippen LogP contribution in [0.15, 0.2) is 108 Å². The summed E-state index contributed by atoms with van der Waals surface area (Å²) in [4.78, 5) is 29.5. The zero-order valence-corrected chi connectivity index (χ0v) is 26.9. The number of carbonyl (C=O) groups excluding carboxylic acids is 2. The molecule has 4 aromatic rings. The van der Waals surface area contributed by atoms with Gasteiger partial charge in [0.15, 0.2) is 0 Å². The highest BCUT2D eigenvalue weighted by molar-refractivity contribution is 7.92. The molecule has 0 saturated carbocycles. The minimum absolute atomic E-state index is 0.0405. The average Bonchev–Trinajstić information content (AvgIpc) is 3.01. The van der Waals surface area contributed by atoms with E-state index in [1.54, 1.807) is 18.2 Å². The summed E-state index contributed by atoms with van der Waals surface area (Å²) >= 11 is 12.3. The van der Waals surface area contributed by atoms with Crippen LogP contribution >= 0.6 is 23.2 Å². The molecule has 44 heavy (non-hydrogen) atoms. The molecular formula is C34H35Cl2N3O4S. The zero-order valence-electron chi connectivity index (χ0n) is 24.6. The molecule has 0 aromatic heterocycles. The third kappa shape index (κ3) is 8.62. The first-order valence-electron chi connectivity index (χ1n) is 14.3. The molecule has 0 fully saturated rings. The van der Waals surface area contributed by atoms with Crippen LogP contribution in [-0.2, 0) is 32.6 Å². The van der Waals surface area contributed by atoms with E-state index in [1.165, 1.54) is 35.2 Å². The molecule has 0 unspecified atom stereocenters. The van der Waals surface area contributed by atoms with Crippen molar-refractivity contribution >= 4 is 50.7 Å². The number of benzene rings is 4. The molecule has 1 atom stereocenters. The van der Waals surface area contributed by atoms with Gasteiger partial charge in [-0.2, -0.15) is 0 Å². The Morgan fingerprint density at radius 2 is 1.50 bits per heavy atom. The Hall–Kier alpha value is -3.85. The molecule has 0 bridgehead atoms. The number of nitrogens with one attached hydrogen (secondary N) is 1. The number of hydrogen-bond acceptors (Lipinski definition) is 4. The highest BCUT2D eigenvalue weighted by atomic mass is 35.5. The van der Waals surface area contributed by atoms with Crippen molar-refractivity contribution in [1.29, 1.82) is 0 Å². The monoisotopic (exact) mass is 651 g/mol. The predicted molar refractivity (Wildman–Crippen MR) is 176 cm³/mol. The summed E-state index contributed by atoms with van der Waals surface area (Å²) in [5.74, 6) is -0.860. The van der Waals surface area contributed by atoms with Crippen molar-refractivity contribution in [2.24, 2.45) is 0 Å². The highest BCUT2D eigenvalue weighted by Crippen LogP contribution is 2.28. The van der Waals surface area contributed by atoms with Crippen LogP contribution in [0.2, 0.25) is 10.0 Å². The number of anilines is 1. The smallest absolute Gasteiger partial charge is 0.264 e. The van der Waals surface area contributed by atoms with Gasteiger partial charge in [0.2, 0.25) is 11.8 Å². The van der Waals surface area contributed by atoms with Crippen molar-refractivity contribution in [1.82, 2.24) is 10.2 Å². The molecule has 0 heterocycles. The third-order valence-corrected chi connectivity index (χ3v) is 9.35. The fourth-order valence-corrected chi connectivity index (χ4v) is 6.42. The van der Waals surface area contributed by atoms with Gasteiger partial charge in [-0.3, -0.25) is 13.9 Å². The van der Waals surface area contributed by atoms with E-state index in [0.717, 1.165) is 27.4 Å². The van der Waals surface area contributed by atoms with Gasteiger partial charge in [-0.15, -0.1) is 0 Å². The number of halogens is 2. The SMILES string of the molecule is CCCNC(=O)[C@@H](Cc1ccccc1)N(Cc1ccc(C)cc1)C(=O)CN(c1cccc(Cl)c1)S(=O)(=O)c1ccc(Cl)cc1. The highest BCUT2D eigenvalue weighted by Gasteiger charge is 2.34. The lowest BCUT2D eigenvalue weighted by molar-refractivity contribution is -0.140. The number of sulfonamides is 1. The summed E-state index contributed by atoms with van der Waals surface area (Å²) in [5, 5.41) is 3.63. The molecule has 230 valence electrons. The molecule has 0 radical (unpaired) electrons. The van der Waals surface area contributed by atoms with Crippen molar-refractivity contribution in [3.8, 4) is 0 Å². The summed E-state index contributed by atoms with van der Waals surface area (Å²) < 4.78 is 29.1. The Morgan fingerprint density at radius 1 is 0.818 bits per heavy atom. The maximum Gasteiger partial charge on any atom is 0.264 e. The molecule has 0 saturated heterocycles. The van der Waals surface area contributed by atoms with Crippen LogP contribution in [-0.4, -0.2) is 44.3 Å². The Morgan fingerprint density at radius 3 is 2.14 bits per heavy atom. The normalized spacial score (nSPS) is 11.9. The van der Waals surface area contributed by atoms with E-state index in [0.29, 0.717) is 16.6 Å². The van der Waals surface area contributed by atoms with Crippen molar-refractivity contribution in [2.45, 2.75) is 44.2 Å². The minimum Gasteiger partial charge on any atom is -0.354 e. The van der Waals surface area contributed by atoms with Crippen LogP contribution in [0.1, 0.15) is 30.0 Å². The van der Waals surface area contributed by atoms with E-state index in [1.807, 2.05) is 68.4 Å². The third-order valence-electron chi connectivity index (χ3n) is 7.07. The van der Waals surface area contributed by atoms with Crippen LogP contribution in [0.3, 0.4) is 0 Å². The second-order valence-corrected chi connectivity index (χ2v) is 13.2. The standard InChI is InChI=1S/C34H35Cl2N3O4S/c1-3-20-37-34(41)32(21-26-8-5-4-6-9-26)38(23-27-14-12-25(2)13-15-27)33(40)24-39(30-11-7-10-29(36)22-30)44(42,43)31-18-16-28(35)17-19-31/h4-19,22,32H,3,20-21,23-24H2,1-2H3,(H,37,41)/t32-/m1/s1. The van der Waals surface area contributed by atoms with Gasteiger partial charge in [0.1, 0.15) is 12.6 Å². The van der Waals surface area contributed by atoms with Crippen LogP contribution in [0.4, 0.5) is 5.69 Å². The number of nitrogens with zero attached hydrogens (tertiary/aromatic N) is 2. The second-order valence-electron chi connectivity index (χ2n) is 10.4. The number of amides is 2. The van der Waals surface area contributed by atoms with Crippen LogP contribution in [0.25, 0.3) is 0 Å². The van der Waals surface area contributed by atoms with Gasteiger partial charge in [-0.1, -0.05) is 96.4 Å². The van der Waals surface area contributed by atoms with Gasteiger partial charge < -0.3 is 10.2 Å². The maximum absolute atomic E-state index is 14.4.